The summed E-state index contributed by atoms with van der Waals surface area (Å²) in [6.45, 7) is 0. The molecule has 0 aliphatic heterocycles. The van der Waals surface area contributed by atoms with Crippen molar-refractivity contribution in [3.8, 4) is 6.07 Å². The maximum Gasteiger partial charge on any atom is 0.152 e. The Hall–Kier alpha value is -1.24. The molecule has 2 atom stereocenters. The lowest BCUT2D eigenvalue weighted by atomic mass is 10.3. The zero-order valence-corrected chi connectivity index (χ0v) is 4.65. The van der Waals surface area contributed by atoms with Crippen molar-refractivity contribution >= 4 is 0 Å². The first kappa shape index (κ1) is 5.89. The standard InChI is InChI=1S/C4H5N5/c5-2-4(8-9-7)1-3(4)6/h3H,1,6H2. The minimum atomic E-state index is -0.908. The van der Waals surface area contributed by atoms with Crippen LogP contribution in [-0.2, 0) is 0 Å². The summed E-state index contributed by atoms with van der Waals surface area (Å²) < 4.78 is 0. The molecule has 0 bridgehead atoms. The highest BCUT2D eigenvalue weighted by molar-refractivity contribution is 5.27. The summed E-state index contributed by atoms with van der Waals surface area (Å²) in [5, 5.41) is 11.6. The van der Waals surface area contributed by atoms with Crippen molar-refractivity contribution in [2.45, 2.75) is 18.0 Å². The van der Waals surface area contributed by atoms with Crippen LogP contribution in [0.15, 0.2) is 5.11 Å². The van der Waals surface area contributed by atoms with Gasteiger partial charge in [-0.25, -0.2) is 0 Å². The van der Waals surface area contributed by atoms with Crippen molar-refractivity contribution < 1.29 is 0 Å². The quantitative estimate of drug-likeness (QED) is 0.308. The number of azide groups is 1. The number of hydrogen-bond donors (Lipinski definition) is 1. The number of rotatable bonds is 1. The molecular formula is C4H5N5. The average Bonchev–Trinajstić information content (AvgIpc) is 2.45. The molecule has 0 aromatic heterocycles. The topological polar surface area (TPSA) is 98.6 Å². The Kier molecular flexibility index (Phi) is 1.06. The van der Waals surface area contributed by atoms with Crippen molar-refractivity contribution in [1.29, 1.82) is 5.26 Å². The fraction of sp³-hybridized carbons (Fsp3) is 0.750. The smallest absolute Gasteiger partial charge is 0.152 e. The number of nitrogens with two attached hydrogens (primary N) is 1. The predicted molar refractivity (Wildman–Crippen MR) is 30.1 cm³/mol. The third-order valence-corrected chi connectivity index (χ3v) is 1.40. The van der Waals surface area contributed by atoms with Gasteiger partial charge in [0, 0.05) is 11.0 Å². The lowest BCUT2D eigenvalue weighted by Crippen LogP contribution is -2.14. The first-order chi connectivity index (χ1) is 4.25. The Bertz CT molecular complexity index is 209. The van der Waals surface area contributed by atoms with E-state index in [9.17, 15) is 0 Å². The zero-order chi connectivity index (χ0) is 6.91. The van der Waals surface area contributed by atoms with Crippen molar-refractivity contribution in [3.05, 3.63) is 10.4 Å². The van der Waals surface area contributed by atoms with Gasteiger partial charge in [-0.2, -0.15) is 5.26 Å². The lowest BCUT2D eigenvalue weighted by Gasteiger charge is -1.89. The maximum absolute atomic E-state index is 8.36. The van der Waals surface area contributed by atoms with Gasteiger partial charge in [-0.05, 0) is 12.0 Å². The zero-order valence-electron chi connectivity index (χ0n) is 4.65. The second-order valence-electron chi connectivity index (χ2n) is 2.04. The molecule has 0 aromatic carbocycles. The highest BCUT2D eigenvalue weighted by Crippen LogP contribution is 2.37. The number of nitrogens with zero attached hydrogens (tertiary/aromatic N) is 4. The Morgan fingerprint density at radius 3 is 2.67 bits per heavy atom. The van der Waals surface area contributed by atoms with Gasteiger partial charge in [-0.3, -0.25) is 0 Å². The Morgan fingerprint density at radius 1 is 2.00 bits per heavy atom. The summed E-state index contributed by atoms with van der Waals surface area (Å²) in [5.41, 5.74) is 12.3. The molecule has 1 saturated carbocycles. The van der Waals surface area contributed by atoms with E-state index in [1.165, 1.54) is 0 Å². The molecule has 0 spiro atoms. The van der Waals surface area contributed by atoms with Crippen molar-refractivity contribution in [2.24, 2.45) is 10.8 Å². The van der Waals surface area contributed by atoms with Crippen molar-refractivity contribution in [1.82, 2.24) is 0 Å². The maximum atomic E-state index is 8.36. The molecule has 2 unspecified atom stereocenters. The SMILES string of the molecule is N#CC1(N=[N+]=[N-])CC1N. The summed E-state index contributed by atoms with van der Waals surface area (Å²) in [6, 6.07) is 1.61. The molecule has 5 heteroatoms. The van der Waals surface area contributed by atoms with Crippen LogP contribution >= 0.6 is 0 Å². The molecule has 0 amide bonds. The van der Waals surface area contributed by atoms with E-state index in [1.807, 2.05) is 6.07 Å². The van der Waals surface area contributed by atoms with E-state index in [0.29, 0.717) is 6.42 Å². The van der Waals surface area contributed by atoms with Gasteiger partial charge >= 0.3 is 0 Å². The van der Waals surface area contributed by atoms with Gasteiger partial charge < -0.3 is 5.73 Å². The normalized spacial score (nSPS) is 38.4. The van der Waals surface area contributed by atoms with Crippen LogP contribution in [0.1, 0.15) is 6.42 Å². The average molecular weight is 123 g/mol. The molecule has 5 nitrogen and oxygen atoms in total. The molecule has 1 aliphatic carbocycles. The fourth-order valence-corrected chi connectivity index (χ4v) is 0.622. The molecule has 9 heavy (non-hydrogen) atoms. The first-order valence-electron chi connectivity index (χ1n) is 2.48. The minimum absolute atomic E-state index is 0.251. The largest absolute Gasteiger partial charge is 0.326 e. The number of nitriles is 1. The van der Waals surface area contributed by atoms with Crippen LogP contribution in [0, 0.1) is 11.3 Å². The Balaban J connectivity index is 2.77. The van der Waals surface area contributed by atoms with Gasteiger partial charge in [0.05, 0.1) is 6.07 Å². The van der Waals surface area contributed by atoms with E-state index < -0.39 is 5.54 Å². The van der Waals surface area contributed by atoms with Crippen LogP contribution in [0.3, 0.4) is 0 Å². The highest BCUT2D eigenvalue weighted by Gasteiger charge is 2.52. The second-order valence-corrected chi connectivity index (χ2v) is 2.04. The second kappa shape index (κ2) is 1.62. The number of hydrogen-bond acceptors (Lipinski definition) is 3. The Labute approximate surface area is 51.7 Å². The molecule has 0 radical (unpaired) electrons. The van der Waals surface area contributed by atoms with Crippen LogP contribution < -0.4 is 5.73 Å². The van der Waals surface area contributed by atoms with Crippen LogP contribution in [0.25, 0.3) is 10.4 Å². The molecule has 2 N–H and O–H groups in total. The van der Waals surface area contributed by atoms with E-state index in [0.717, 1.165) is 0 Å². The van der Waals surface area contributed by atoms with Crippen molar-refractivity contribution in [3.63, 3.8) is 0 Å². The molecule has 46 valence electrons. The van der Waals surface area contributed by atoms with Gasteiger partial charge in [0.25, 0.3) is 0 Å². The summed E-state index contributed by atoms with van der Waals surface area (Å²) in [4.78, 5) is 2.51. The highest BCUT2D eigenvalue weighted by atomic mass is 15.2. The van der Waals surface area contributed by atoms with Crippen LogP contribution in [0.2, 0.25) is 0 Å². The third kappa shape index (κ3) is 0.703. The van der Waals surface area contributed by atoms with Gasteiger partial charge in [0.15, 0.2) is 5.54 Å². The molecule has 0 heterocycles. The molecular weight excluding hydrogens is 118 g/mol. The van der Waals surface area contributed by atoms with Crippen LogP contribution in [0.4, 0.5) is 0 Å². The van der Waals surface area contributed by atoms with E-state index in [4.69, 9.17) is 16.5 Å². The van der Waals surface area contributed by atoms with Gasteiger partial charge in [0.1, 0.15) is 0 Å². The lowest BCUT2D eigenvalue weighted by molar-refractivity contribution is 0.806. The van der Waals surface area contributed by atoms with Crippen LogP contribution in [-0.4, -0.2) is 11.6 Å². The van der Waals surface area contributed by atoms with E-state index in [1.54, 1.807) is 0 Å². The summed E-state index contributed by atoms with van der Waals surface area (Å²) >= 11 is 0. The van der Waals surface area contributed by atoms with Crippen LogP contribution in [0.5, 0.6) is 0 Å². The summed E-state index contributed by atoms with van der Waals surface area (Å²) in [6.07, 6.45) is 0.494. The molecule has 0 saturated heterocycles. The monoisotopic (exact) mass is 123 g/mol. The summed E-state index contributed by atoms with van der Waals surface area (Å²) in [7, 11) is 0. The molecule has 1 rings (SSSR count). The van der Waals surface area contributed by atoms with Gasteiger partial charge in [-0.1, -0.05) is 5.11 Å². The van der Waals surface area contributed by atoms with Gasteiger partial charge in [0.2, 0.25) is 0 Å². The van der Waals surface area contributed by atoms with E-state index >= 15 is 0 Å². The predicted octanol–water partition coefficient (Wildman–Crippen LogP) is 0.290. The third-order valence-electron chi connectivity index (χ3n) is 1.40. The van der Waals surface area contributed by atoms with E-state index in [-0.39, 0.29) is 6.04 Å². The molecule has 0 aromatic rings. The Morgan fingerprint density at radius 2 is 2.56 bits per heavy atom. The molecule has 1 aliphatic rings. The fourth-order valence-electron chi connectivity index (χ4n) is 0.622. The first-order valence-corrected chi connectivity index (χ1v) is 2.48. The van der Waals surface area contributed by atoms with Crippen molar-refractivity contribution in [2.75, 3.05) is 0 Å². The minimum Gasteiger partial charge on any atom is -0.326 e. The van der Waals surface area contributed by atoms with E-state index in [2.05, 4.69) is 10.0 Å². The summed E-state index contributed by atoms with van der Waals surface area (Å²) in [5.74, 6) is 0. The van der Waals surface area contributed by atoms with Gasteiger partial charge in [-0.15, -0.1) is 0 Å². The molecule has 1 fully saturated rings.